The molecule has 2 unspecified atom stereocenters. The smallest absolute Gasteiger partial charge is 0.237 e. The maximum Gasteiger partial charge on any atom is 0.237 e. The Hall–Kier alpha value is -2.75. The Balaban J connectivity index is 1.31. The van der Waals surface area contributed by atoms with Crippen LogP contribution >= 0.6 is 34.8 Å². The van der Waals surface area contributed by atoms with Gasteiger partial charge >= 0.3 is 0 Å². The number of hydrogen-bond donors (Lipinski definition) is 2. The summed E-state index contributed by atoms with van der Waals surface area (Å²) in [5, 5.41) is 7.87. The first-order valence-electron chi connectivity index (χ1n) is 11.7. The van der Waals surface area contributed by atoms with E-state index in [1.165, 1.54) is 0 Å². The van der Waals surface area contributed by atoms with E-state index in [2.05, 4.69) is 15.5 Å². The van der Waals surface area contributed by atoms with Crippen LogP contribution in [0.5, 0.6) is 0 Å². The topological polar surface area (TPSA) is 105 Å². The lowest BCUT2D eigenvalue weighted by Crippen LogP contribution is -2.16. The quantitative estimate of drug-likeness (QED) is 0.210. The van der Waals surface area contributed by atoms with Gasteiger partial charge in [0.15, 0.2) is 11.1 Å². The summed E-state index contributed by atoms with van der Waals surface area (Å²) in [6.07, 6.45) is 1.62. The van der Waals surface area contributed by atoms with Crippen molar-refractivity contribution in [2.24, 2.45) is 0 Å². The van der Waals surface area contributed by atoms with Crippen LogP contribution in [0.15, 0.2) is 65.2 Å². The van der Waals surface area contributed by atoms with Crippen LogP contribution in [0.2, 0.25) is 15.1 Å². The highest BCUT2D eigenvalue weighted by Crippen LogP contribution is 2.57. The van der Waals surface area contributed by atoms with E-state index in [9.17, 15) is 13.6 Å². The molecule has 1 aromatic heterocycles. The summed E-state index contributed by atoms with van der Waals surface area (Å²) in [5.74, 6) is 0.638. The Kier molecular flexibility index (Phi) is 7.62. The van der Waals surface area contributed by atoms with Crippen molar-refractivity contribution in [1.82, 2.24) is 10.1 Å². The lowest BCUT2D eigenvalue weighted by Gasteiger charge is -2.17. The number of benzene rings is 3. The molecule has 0 spiro atoms. The molecule has 5 rings (SSSR count). The van der Waals surface area contributed by atoms with E-state index in [0.29, 0.717) is 38.0 Å². The summed E-state index contributed by atoms with van der Waals surface area (Å²) in [6, 6.07) is 17.5. The number of hydrogen-bond acceptors (Lipinski definition) is 5. The maximum atomic E-state index is 12.7. The molecule has 1 aliphatic carbocycles. The number of carbonyl (C=O) groups excluding carboxylic acids is 1. The number of amides is 1. The Morgan fingerprint density at radius 2 is 1.71 bits per heavy atom. The molecule has 0 aliphatic heterocycles. The first-order valence-corrected chi connectivity index (χ1v) is 14.0. The molecule has 196 valence electrons. The molecular weight excluding hydrogens is 569 g/mol. The number of carbonyl (C=O) groups is 1. The molecule has 2 N–H and O–H groups in total. The standard InChI is InChI=1S/C27H22Cl3N3O4S/c1-15(38(35)36)17-4-2-16(3-5-17)12-23(34)31-20-13-21(29)24(22(30)14-20)27(10-11-27)26-32-25(33-37-26)18-6-8-19(28)9-7-18/h2-9,13-15H,10-12H2,1H3,(H,31,34)(H,35,36). The van der Waals surface area contributed by atoms with Gasteiger partial charge in [-0.05, 0) is 67.3 Å². The highest BCUT2D eigenvalue weighted by Gasteiger charge is 2.53. The van der Waals surface area contributed by atoms with Gasteiger partial charge in [0, 0.05) is 31.9 Å². The van der Waals surface area contributed by atoms with E-state index >= 15 is 0 Å². The van der Waals surface area contributed by atoms with Crippen LogP contribution < -0.4 is 5.32 Å². The first-order chi connectivity index (χ1) is 18.2. The summed E-state index contributed by atoms with van der Waals surface area (Å²) >= 11 is 17.4. The fourth-order valence-electron chi connectivity index (χ4n) is 4.35. The van der Waals surface area contributed by atoms with Crippen molar-refractivity contribution in [1.29, 1.82) is 0 Å². The summed E-state index contributed by atoms with van der Waals surface area (Å²) in [7, 11) is 0. The number of nitrogens with zero attached hydrogens (tertiary/aromatic N) is 2. The highest BCUT2D eigenvalue weighted by atomic mass is 35.5. The van der Waals surface area contributed by atoms with E-state index < -0.39 is 21.7 Å². The molecule has 1 saturated carbocycles. The second-order valence-electron chi connectivity index (χ2n) is 9.21. The molecule has 0 bridgehead atoms. The minimum absolute atomic E-state index is 0.118. The normalized spacial score (nSPS) is 15.6. The van der Waals surface area contributed by atoms with E-state index in [4.69, 9.17) is 39.3 Å². The van der Waals surface area contributed by atoms with Crippen LogP contribution in [0, 0.1) is 0 Å². The molecule has 0 saturated heterocycles. The largest absolute Gasteiger partial charge is 0.338 e. The van der Waals surface area contributed by atoms with Gasteiger partial charge in [0.1, 0.15) is 0 Å². The van der Waals surface area contributed by atoms with Crippen molar-refractivity contribution in [2.45, 2.75) is 36.9 Å². The first kappa shape index (κ1) is 26.8. The molecule has 2 atom stereocenters. The Morgan fingerprint density at radius 1 is 1.08 bits per heavy atom. The molecule has 1 aliphatic rings. The van der Waals surface area contributed by atoms with Gasteiger partial charge in [-0.2, -0.15) is 4.98 Å². The minimum atomic E-state index is -1.96. The van der Waals surface area contributed by atoms with Gasteiger partial charge in [-0.3, -0.25) is 4.79 Å². The number of anilines is 1. The van der Waals surface area contributed by atoms with Gasteiger partial charge in [0.2, 0.25) is 17.6 Å². The third-order valence-electron chi connectivity index (χ3n) is 6.61. The molecule has 1 heterocycles. The second-order valence-corrected chi connectivity index (χ2v) is 11.7. The van der Waals surface area contributed by atoms with Gasteiger partial charge in [0.25, 0.3) is 0 Å². The zero-order valence-electron chi connectivity index (χ0n) is 20.1. The molecule has 4 aromatic rings. The molecule has 0 radical (unpaired) electrons. The van der Waals surface area contributed by atoms with Crippen LogP contribution in [0.3, 0.4) is 0 Å². The van der Waals surface area contributed by atoms with Crippen molar-refractivity contribution >= 4 is 57.5 Å². The number of halogens is 3. The minimum Gasteiger partial charge on any atom is -0.338 e. The summed E-state index contributed by atoms with van der Waals surface area (Å²) in [6.45, 7) is 1.66. The van der Waals surface area contributed by atoms with Gasteiger partial charge in [-0.1, -0.05) is 64.2 Å². The predicted molar refractivity (Wildman–Crippen MR) is 149 cm³/mol. The second kappa shape index (κ2) is 10.8. The van der Waals surface area contributed by atoms with Gasteiger partial charge in [0.05, 0.1) is 17.1 Å². The summed E-state index contributed by atoms with van der Waals surface area (Å²) in [5.41, 5.74) is 2.85. The van der Waals surface area contributed by atoms with Crippen LogP contribution in [-0.4, -0.2) is 24.8 Å². The van der Waals surface area contributed by atoms with Crippen molar-refractivity contribution in [3.8, 4) is 11.4 Å². The highest BCUT2D eigenvalue weighted by molar-refractivity contribution is 7.79. The third-order valence-corrected chi connectivity index (χ3v) is 8.33. The average molecular weight is 591 g/mol. The van der Waals surface area contributed by atoms with Gasteiger partial charge in [-0.25, -0.2) is 4.21 Å². The molecule has 38 heavy (non-hydrogen) atoms. The number of rotatable bonds is 8. The Labute approximate surface area is 236 Å². The van der Waals surface area contributed by atoms with Crippen molar-refractivity contribution in [3.05, 3.63) is 98.3 Å². The zero-order chi connectivity index (χ0) is 27.0. The third kappa shape index (κ3) is 5.51. The lowest BCUT2D eigenvalue weighted by molar-refractivity contribution is -0.115. The zero-order valence-corrected chi connectivity index (χ0v) is 23.2. The summed E-state index contributed by atoms with van der Waals surface area (Å²) in [4.78, 5) is 17.3. The van der Waals surface area contributed by atoms with E-state index in [1.54, 1.807) is 55.5 Å². The Bertz CT molecular complexity index is 1500. The van der Waals surface area contributed by atoms with Crippen molar-refractivity contribution in [2.75, 3.05) is 5.32 Å². The predicted octanol–water partition coefficient (Wildman–Crippen LogP) is 7.24. The van der Waals surface area contributed by atoms with Crippen molar-refractivity contribution < 1.29 is 18.1 Å². The molecule has 1 fully saturated rings. The summed E-state index contributed by atoms with van der Waals surface area (Å²) < 4.78 is 26.2. The van der Waals surface area contributed by atoms with E-state index in [1.807, 2.05) is 12.1 Å². The number of nitrogens with one attached hydrogen (secondary N) is 1. The molecule has 1 amide bonds. The Morgan fingerprint density at radius 3 is 2.29 bits per heavy atom. The molecule has 11 heteroatoms. The van der Waals surface area contributed by atoms with Crippen LogP contribution in [-0.2, 0) is 27.7 Å². The maximum absolute atomic E-state index is 12.7. The number of aromatic nitrogens is 2. The molecule has 7 nitrogen and oxygen atoms in total. The van der Waals surface area contributed by atoms with Crippen LogP contribution in [0.4, 0.5) is 5.69 Å². The fraction of sp³-hybridized carbons (Fsp3) is 0.222. The molecular formula is C27H22Cl3N3O4S. The lowest BCUT2D eigenvalue weighted by atomic mass is 9.95. The van der Waals surface area contributed by atoms with E-state index in [-0.39, 0.29) is 12.3 Å². The van der Waals surface area contributed by atoms with E-state index in [0.717, 1.165) is 29.5 Å². The van der Waals surface area contributed by atoms with Crippen LogP contribution in [0.1, 0.15) is 47.6 Å². The molecule has 3 aromatic carbocycles. The monoisotopic (exact) mass is 589 g/mol. The SMILES string of the molecule is CC(c1ccc(CC(=O)Nc2cc(Cl)c(C3(c4nc(-c5ccc(Cl)cc5)no4)CC3)c(Cl)c2)cc1)S(=O)O. The van der Waals surface area contributed by atoms with Crippen molar-refractivity contribution in [3.63, 3.8) is 0 Å². The van der Waals surface area contributed by atoms with Gasteiger partial charge < -0.3 is 14.4 Å². The average Bonchev–Trinajstić information content (AvgIpc) is 3.50. The van der Waals surface area contributed by atoms with Gasteiger partial charge in [-0.15, -0.1) is 0 Å². The van der Waals surface area contributed by atoms with Crippen LogP contribution in [0.25, 0.3) is 11.4 Å². The fourth-order valence-corrected chi connectivity index (χ4v) is 5.71.